The number of ether oxygens (including phenoxy) is 2. The fourth-order valence-corrected chi connectivity index (χ4v) is 4.84. The maximum absolute atomic E-state index is 12.5. The van der Waals surface area contributed by atoms with Gasteiger partial charge in [-0.05, 0) is 37.6 Å². The topological polar surface area (TPSA) is 126 Å². The van der Waals surface area contributed by atoms with Crippen LogP contribution in [0.5, 0.6) is 17.2 Å². The molecule has 35 heavy (non-hydrogen) atoms. The first-order valence-corrected chi connectivity index (χ1v) is 11.6. The fraction of sp³-hybridized carbons (Fsp3) is 0.269. The van der Waals surface area contributed by atoms with E-state index >= 15 is 0 Å². The van der Waals surface area contributed by atoms with Crippen LogP contribution in [-0.4, -0.2) is 39.2 Å². The summed E-state index contributed by atoms with van der Waals surface area (Å²) in [5.41, 5.74) is 2.23. The van der Waals surface area contributed by atoms with Crippen LogP contribution >= 0.6 is 15.9 Å². The maximum Gasteiger partial charge on any atom is 0.306 e. The van der Waals surface area contributed by atoms with Gasteiger partial charge >= 0.3 is 5.97 Å². The zero-order chi connectivity index (χ0) is 25.4. The third kappa shape index (κ3) is 4.49. The number of rotatable bonds is 6. The second-order valence-electron chi connectivity index (χ2n) is 8.39. The normalized spacial score (nSPS) is 15.5. The van der Waals surface area contributed by atoms with Gasteiger partial charge in [-0.3, -0.25) is 14.6 Å². The predicted octanol–water partition coefficient (Wildman–Crippen LogP) is 4.79. The average Bonchev–Trinajstić information content (AvgIpc) is 3.25. The Balaban J connectivity index is 1.99. The molecule has 2 heterocycles. The van der Waals surface area contributed by atoms with Crippen LogP contribution in [0.1, 0.15) is 69.2 Å². The summed E-state index contributed by atoms with van der Waals surface area (Å²) in [7, 11) is 1.25. The molecular formula is C26H24BrNO7. The van der Waals surface area contributed by atoms with Crippen molar-refractivity contribution in [1.29, 1.82) is 0 Å². The highest BCUT2D eigenvalue weighted by molar-refractivity contribution is 9.10. The molecule has 0 radical (unpaired) electrons. The number of nitrogens with zero attached hydrogens (tertiary/aromatic N) is 1. The van der Waals surface area contributed by atoms with Crippen LogP contribution in [0.4, 0.5) is 0 Å². The number of ketones is 1. The molecule has 2 unspecified atom stereocenters. The second kappa shape index (κ2) is 9.67. The van der Waals surface area contributed by atoms with Crippen LogP contribution in [0.25, 0.3) is 0 Å². The molecule has 0 saturated carbocycles. The number of carbonyl (C=O) groups is 2. The van der Waals surface area contributed by atoms with E-state index in [4.69, 9.17) is 9.47 Å². The van der Waals surface area contributed by atoms with Crippen molar-refractivity contribution in [3.05, 3.63) is 80.1 Å². The molecule has 0 amide bonds. The van der Waals surface area contributed by atoms with Crippen LogP contribution in [-0.2, 0) is 20.9 Å². The zero-order valence-corrected chi connectivity index (χ0v) is 20.9. The number of halogens is 1. The molecule has 0 saturated heterocycles. The molecule has 1 aliphatic rings. The first kappa shape index (κ1) is 24.7. The lowest BCUT2D eigenvalue weighted by molar-refractivity contribution is -0.140. The van der Waals surface area contributed by atoms with Crippen LogP contribution in [0, 0.1) is 6.92 Å². The molecule has 1 aromatic heterocycles. The summed E-state index contributed by atoms with van der Waals surface area (Å²) in [6, 6.07) is 8.44. The molecule has 2 atom stereocenters. The number of phenolic OH excluding ortho intramolecular Hbond substituents is 2. The smallest absolute Gasteiger partial charge is 0.306 e. The van der Waals surface area contributed by atoms with Crippen molar-refractivity contribution in [2.45, 2.75) is 38.9 Å². The van der Waals surface area contributed by atoms with Gasteiger partial charge in [-0.15, -0.1) is 0 Å². The quantitative estimate of drug-likeness (QED) is 0.300. The molecular weight excluding hydrogens is 518 g/mol. The third-order valence-electron chi connectivity index (χ3n) is 6.22. The number of esters is 1. The highest BCUT2D eigenvalue weighted by atomic mass is 79.9. The van der Waals surface area contributed by atoms with Gasteiger partial charge in [0.05, 0.1) is 31.4 Å². The number of carbonyl (C=O) groups excluding carboxylic acids is 2. The lowest BCUT2D eigenvalue weighted by Crippen LogP contribution is -2.13. The molecule has 2 aromatic carbocycles. The minimum absolute atomic E-state index is 0.00137. The maximum atomic E-state index is 12.5. The summed E-state index contributed by atoms with van der Waals surface area (Å²) in [6.07, 6.45) is 0.479. The molecule has 3 N–H and O–H groups in total. The van der Waals surface area contributed by atoms with E-state index in [-0.39, 0.29) is 41.2 Å². The fourth-order valence-electron chi connectivity index (χ4n) is 4.42. The SMILES string of the molecule is COC(=O)CC(c1cccc(Br)c1)c1c(O)c(C(C)=O)cc(C2OCc3cnc(C)c(O)c32)c1O. The number of fused-ring (bicyclic) bond motifs is 1. The molecule has 4 rings (SSSR count). The summed E-state index contributed by atoms with van der Waals surface area (Å²) in [6.45, 7) is 3.08. The molecule has 3 aromatic rings. The summed E-state index contributed by atoms with van der Waals surface area (Å²) >= 11 is 3.41. The van der Waals surface area contributed by atoms with E-state index < -0.39 is 29.5 Å². The van der Waals surface area contributed by atoms with Crippen molar-refractivity contribution in [1.82, 2.24) is 4.98 Å². The van der Waals surface area contributed by atoms with Crippen molar-refractivity contribution in [2.75, 3.05) is 7.11 Å². The average molecular weight is 542 g/mol. The number of benzene rings is 2. The van der Waals surface area contributed by atoms with Gasteiger partial charge in [0, 0.05) is 38.8 Å². The third-order valence-corrected chi connectivity index (χ3v) is 6.72. The van der Waals surface area contributed by atoms with Gasteiger partial charge in [0.1, 0.15) is 23.4 Å². The van der Waals surface area contributed by atoms with Gasteiger partial charge in [-0.1, -0.05) is 28.1 Å². The van der Waals surface area contributed by atoms with Crippen molar-refractivity contribution < 1.29 is 34.4 Å². The van der Waals surface area contributed by atoms with Gasteiger partial charge in [-0.25, -0.2) is 0 Å². The molecule has 0 fully saturated rings. The molecule has 0 bridgehead atoms. The Kier molecular flexibility index (Phi) is 6.82. The number of hydrogen-bond acceptors (Lipinski definition) is 8. The number of aromatic hydroxyl groups is 3. The van der Waals surface area contributed by atoms with E-state index in [0.29, 0.717) is 22.4 Å². The largest absolute Gasteiger partial charge is 0.507 e. The number of hydrogen-bond donors (Lipinski definition) is 3. The van der Waals surface area contributed by atoms with Crippen LogP contribution in [0.15, 0.2) is 41.0 Å². The molecule has 8 nitrogen and oxygen atoms in total. The van der Waals surface area contributed by atoms with E-state index in [9.17, 15) is 24.9 Å². The van der Waals surface area contributed by atoms with E-state index in [1.807, 2.05) is 0 Å². The highest BCUT2D eigenvalue weighted by Gasteiger charge is 2.36. The van der Waals surface area contributed by atoms with Crippen molar-refractivity contribution >= 4 is 27.7 Å². The molecule has 1 aliphatic heterocycles. The first-order valence-electron chi connectivity index (χ1n) is 10.8. The minimum Gasteiger partial charge on any atom is -0.507 e. The Morgan fingerprint density at radius 3 is 2.60 bits per heavy atom. The summed E-state index contributed by atoms with van der Waals surface area (Å²) in [5.74, 6) is -2.68. The van der Waals surface area contributed by atoms with Gasteiger partial charge < -0.3 is 24.8 Å². The molecule has 9 heteroatoms. The van der Waals surface area contributed by atoms with Crippen molar-refractivity contribution in [2.24, 2.45) is 0 Å². The first-order chi connectivity index (χ1) is 16.6. The summed E-state index contributed by atoms with van der Waals surface area (Å²) < 4.78 is 11.5. The van der Waals surface area contributed by atoms with E-state index in [1.165, 1.54) is 20.1 Å². The van der Waals surface area contributed by atoms with E-state index in [2.05, 4.69) is 20.9 Å². The second-order valence-corrected chi connectivity index (χ2v) is 9.31. The zero-order valence-electron chi connectivity index (χ0n) is 19.3. The monoisotopic (exact) mass is 541 g/mol. The Bertz CT molecular complexity index is 1340. The predicted molar refractivity (Wildman–Crippen MR) is 130 cm³/mol. The van der Waals surface area contributed by atoms with Crippen LogP contribution in [0.2, 0.25) is 0 Å². The number of methoxy groups -OCH3 is 1. The van der Waals surface area contributed by atoms with Crippen molar-refractivity contribution in [3.8, 4) is 17.2 Å². The number of pyridine rings is 1. The molecule has 0 aliphatic carbocycles. The minimum atomic E-state index is -0.912. The van der Waals surface area contributed by atoms with Crippen LogP contribution < -0.4 is 0 Å². The number of aromatic nitrogens is 1. The van der Waals surface area contributed by atoms with Gasteiger partial charge in [0.2, 0.25) is 0 Å². The van der Waals surface area contributed by atoms with E-state index in [1.54, 1.807) is 37.4 Å². The summed E-state index contributed by atoms with van der Waals surface area (Å²) in [5, 5.41) is 33.3. The Morgan fingerprint density at radius 1 is 1.20 bits per heavy atom. The molecule has 182 valence electrons. The standard InChI is InChI=1S/C26H24BrNO7/c1-12-23(31)21-15(10-28-12)11-35-26(21)19-8-17(13(2)29)24(32)22(25(19)33)18(9-20(30)34-3)14-5-4-6-16(27)7-14/h4-8,10,18,26,31-33H,9,11H2,1-3H3. The lowest BCUT2D eigenvalue weighted by atomic mass is 9.83. The Labute approximate surface area is 210 Å². The van der Waals surface area contributed by atoms with Gasteiger partial charge in [0.25, 0.3) is 0 Å². The van der Waals surface area contributed by atoms with Crippen LogP contribution in [0.3, 0.4) is 0 Å². The number of phenols is 2. The van der Waals surface area contributed by atoms with Gasteiger partial charge in [0.15, 0.2) is 5.78 Å². The Morgan fingerprint density at radius 2 is 1.94 bits per heavy atom. The highest BCUT2D eigenvalue weighted by Crippen LogP contribution is 2.50. The van der Waals surface area contributed by atoms with Crippen molar-refractivity contribution in [3.63, 3.8) is 0 Å². The summed E-state index contributed by atoms with van der Waals surface area (Å²) in [4.78, 5) is 29.0. The molecule has 0 spiro atoms. The van der Waals surface area contributed by atoms with Gasteiger partial charge in [-0.2, -0.15) is 0 Å². The number of Topliss-reactive ketones (excluding diaryl/α,β-unsaturated/α-hetero) is 1. The Hall–Kier alpha value is -3.43. The van der Waals surface area contributed by atoms with E-state index in [0.717, 1.165) is 4.47 Å². The number of aryl methyl sites for hydroxylation is 1. The lowest BCUT2D eigenvalue weighted by Gasteiger charge is -2.24.